The summed E-state index contributed by atoms with van der Waals surface area (Å²) >= 11 is 0. The van der Waals surface area contributed by atoms with E-state index in [9.17, 15) is 0 Å². The standard InChI is InChI=1S/C10H14N4O/c1-14-10(12-8-13-14)4-5-11-7-9-3-2-6-15-9/h2-3,6,8,11H,4-5,7H2,1H3. The van der Waals surface area contributed by atoms with Gasteiger partial charge in [0.05, 0.1) is 12.8 Å². The van der Waals surface area contributed by atoms with Gasteiger partial charge in [-0.05, 0) is 12.1 Å². The topological polar surface area (TPSA) is 55.9 Å². The largest absolute Gasteiger partial charge is 0.468 e. The number of aromatic nitrogens is 3. The van der Waals surface area contributed by atoms with Gasteiger partial charge in [0.2, 0.25) is 0 Å². The van der Waals surface area contributed by atoms with E-state index >= 15 is 0 Å². The van der Waals surface area contributed by atoms with E-state index in [4.69, 9.17) is 4.42 Å². The Kier molecular flexibility index (Phi) is 3.14. The molecule has 15 heavy (non-hydrogen) atoms. The minimum atomic E-state index is 0.755. The summed E-state index contributed by atoms with van der Waals surface area (Å²) < 4.78 is 6.99. The van der Waals surface area contributed by atoms with E-state index in [0.29, 0.717) is 0 Å². The van der Waals surface area contributed by atoms with Gasteiger partial charge in [-0.15, -0.1) is 0 Å². The summed E-state index contributed by atoms with van der Waals surface area (Å²) in [5.74, 6) is 1.94. The van der Waals surface area contributed by atoms with E-state index in [1.54, 1.807) is 17.3 Å². The lowest BCUT2D eigenvalue weighted by Gasteiger charge is -2.02. The molecule has 2 aromatic rings. The second kappa shape index (κ2) is 4.75. The molecular formula is C10H14N4O. The molecule has 5 heteroatoms. The lowest BCUT2D eigenvalue weighted by molar-refractivity contribution is 0.482. The quantitative estimate of drug-likeness (QED) is 0.733. The van der Waals surface area contributed by atoms with Crippen LogP contribution in [0.15, 0.2) is 29.1 Å². The zero-order valence-electron chi connectivity index (χ0n) is 8.68. The Morgan fingerprint density at radius 2 is 2.47 bits per heavy atom. The highest BCUT2D eigenvalue weighted by molar-refractivity contribution is 4.97. The molecule has 5 nitrogen and oxygen atoms in total. The number of furan rings is 1. The summed E-state index contributed by atoms with van der Waals surface area (Å²) in [7, 11) is 1.90. The van der Waals surface area contributed by atoms with Crippen LogP contribution < -0.4 is 5.32 Å². The van der Waals surface area contributed by atoms with Gasteiger partial charge in [0.25, 0.3) is 0 Å². The number of rotatable bonds is 5. The molecule has 0 radical (unpaired) electrons. The summed E-state index contributed by atoms with van der Waals surface area (Å²) in [5.41, 5.74) is 0. The van der Waals surface area contributed by atoms with E-state index in [1.165, 1.54) is 0 Å². The molecule has 0 fully saturated rings. The van der Waals surface area contributed by atoms with E-state index in [-0.39, 0.29) is 0 Å². The van der Waals surface area contributed by atoms with Crippen LogP contribution in [0.1, 0.15) is 11.6 Å². The fourth-order valence-electron chi connectivity index (χ4n) is 1.37. The molecule has 1 N–H and O–H groups in total. The molecule has 2 heterocycles. The predicted molar refractivity (Wildman–Crippen MR) is 55.1 cm³/mol. The third-order valence-electron chi connectivity index (χ3n) is 2.21. The maximum absolute atomic E-state index is 5.20. The summed E-state index contributed by atoms with van der Waals surface area (Å²) in [6, 6.07) is 3.84. The van der Waals surface area contributed by atoms with Gasteiger partial charge >= 0.3 is 0 Å². The number of aryl methyl sites for hydroxylation is 1. The zero-order chi connectivity index (χ0) is 10.5. The van der Waals surface area contributed by atoms with Crippen LogP contribution >= 0.6 is 0 Å². The second-order valence-electron chi connectivity index (χ2n) is 3.31. The first-order chi connectivity index (χ1) is 7.36. The number of hydrogen-bond donors (Lipinski definition) is 1. The molecule has 0 aliphatic heterocycles. The monoisotopic (exact) mass is 206 g/mol. The highest BCUT2D eigenvalue weighted by atomic mass is 16.3. The average Bonchev–Trinajstić information content (AvgIpc) is 2.85. The number of nitrogens with one attached hydrogen (secondary N) is 1. The first kappa shape index (κ1) is 9.92. The van der Waals surface area contributed by atoms with Crippen molar-refractivity contribution in [1.82, 2.24) is 20.1 Å². The third kappa shape index (κ3) is 2.66. The smallest absolute Gasteiger partial charge is 0.138 e. The third-order valence-corrected chi connectivity index (χ3v) is 2.21. The Labute approximate surface area is 88.1 Å². The zero-order valence-corrected chi connectivity index (χ0v) is 8.68. The molecule has 2 rings (SSSR count). The molecule has 80 valence electrons. The van der Waals surface area contributed by atoms with E-state index < -0.39 is 0 Å². The minimum Gasteiger partial charge on any atom is -0.468 e. The molecule has 2 aromatic heterocycles. The van der Waals surface area contributed by atoms with Gasteiger partial charge in [0.1, 0.15) is 17.9 Å². The lowest BCUT2D eigenvalue weighted by atomic mass is 10.4. The molecular weight excluding hydrogens is 192 g/mol. The van der Waals surface area contributed by atoms with Crippen LogP contribution in [-0.2, 0) is 20.0 Å². The van der Waals surface area contributed by atoms with Gasteiger partial charge in [-0.1, -0.05) is 0 Å². The maximum atomic E-state index is 5.20. The van der Waals surface area contributed by atoms with Crippen molar-refractivity contribution < 1.29 is 4.42 Å². The molecule has 0 unspecified atom stereocenters. The molecule has 0 atom stereocenters. The summed E-state index contributed by atoms with van der Waals surface area (Å²) in [4.78, 5) is 4.14. The van der Waals surface area contributed by atoms with E-state index in [1.807, 2.05) is 19.2 Å². The predicted octanol–water partition coefficient (Wildman–Crippen LogP) is 0.740. The molecule has 0 aliphatic rings. The Bertz CT molecular complexity index is 393. The van der Waals surface area contributed by atoms with E-state index in [0.717, 1.165) is 31.1 Å². The summed E-state index contributed by atoms with van der Waals surface area (Å²) in [6.45, 7) is 1.62. The van der Waals surface area contributed by atoms with Crippen molar-refractivity contribution in [3.8, 4) is 0 Å². The lowest BCUT2D eigenvalue weighted by Crippen LogP contribution is -2.18. The van der Waals surface area contributed by atoms with E-state index in [2.05, 4.69) is 15.4 Å². The van der Waals surface area contributed by atoms with Crippen molar-refractivity contribution >= 4 is 0 Å². The maximum Gasteiger partial charge on any atom is 0.138 e. The normalized spacial score (nSPS) is 10.7. The fraction of sp³-hybridized carbons (Fsp3) is 0.400. The first-order valence-corrected chi connectivity index (χ1v) is 4.92. The van der Waals surface area contributed by atoms with Crippen LogP contribution in [0.3, 0.4) is 0 Å². The molecule has 0 amide bonds. The van der Waals surface area contributed by atoms with Gasteiger partial charge in [0.15, 0.2) is 0 Å². The van der Waals surface area contributed by atoms with Crippen LogP contribution in [-0.4, -0.2) is 21.3 Å². The highest BCUT2D eigenvalue weighted by Crippen LogP contribution is 1.98. The Balaban J connectivity index is 1.70. The van der Waals surface area contributed by atoms with Crippen molar-refractivity contribution in [2.75, 3.05) is 6.54 Å². The van der Waals surface area contributed by atoms with Gasteiger partial charge in [-0.3, -0.25) is 4.68 Å². The molecule has 0 saturated heterocycles. The van der Waals surface area contributed by atoms with Crippen molar-refractivity contribution in [1.29, 1.82) is 0 Å². The van der Waals surface area contributed by atoms with Crippen molar-refractivity contribution in [2.24, 2.45) is 7.05 Å². The first-order valence-electron chi connectivity index (χ1n) is 4.92. The van der Waals surface area contributed by atoms with Crippen molar-refractivity contribution in [3.63, 3.8) is 0 Å². The molecule has 0 saturated carbocycles. The van der Waals surface area contributed by atoms with Gasteiger partial charge in [-0.25, -0.2) is 4.98 Å². The van der Waals surface area contributed by atoms with Crippen molar-refractivity contribution in [2.45, 2.75) is 13.0 Å². The fourth-order valence-corrected chi connectivity index (χ4v) is 1.37. The summed E-state index contributed by atoms with van der Waals surface area (Å²) in [6.07, 6.45) is 4.12. The SMILES string of the molecule is Cn1ncnc1CCNCc1ccco1. The highest BCUT2D eigenvalue weighted by Gasteiger charge is 1.99. The van der Waals surface area contributed by atoms with Gasteiger partial charge in [-0.2, -0.15) is 5.10 Å². The molecule has 0 aliphatic carbocycles. The van der Waals surface area contributed by atoms with Crippen LogP contribution in [0.4, 0.5) is 0 Å². The number of nitrogens with zero attached hydrogens (tertiary/aromatic N) is 3. The van der Waals surface area contributed by atoms with Gasteiger partial charge in [0, 0.05) is 20.0 Å². The Hall–Kier alpha value is -1.62. The average molecular weight is 206 g/mol. The van der Waals surface area contributed by atoms with Gasteiger partial charge < -0.3 is 9.73 Å². The van der Waals surface area contributed by atoms with Crippen LogP contribution in [0.2, 0.25) is 0 Å². The number of hydrogen-bond acceptors (Lipinski definition) is 4. The van der Waals surface area contributed by atoms with Crippen LogP contribution in [0, 0.1) is 0 Å². The Morgan fingerprint density at radius 3 is 3.13 bits per heavy atom. The Morgan fingerprint density at radius 1 is 1.53 bits per heavy atom. The second-order valence-corrected chi connectivity index (χ2v) is 3.31. The molecule has 0 bridgehead atoms. The molecule has 0 spiro atoms. The van der Waals surface area contributed by atoms with Crippen LogP contribution in [0.25, 0.3) is 0 Å². The minimum absolute atomic E-state index is 0.755. The van der Waals surface area contributed by atoms with Crippen molar-refractivity contribution in [3.05, 3.63) is 36.3 Å². The van der Waals surface area contributed by atoms with Crippen LogP contribution in [0.5, 0.6) is 0 Å². The molecule has 0 aromatic carbocycles. The summed E-state index contributed by atoms with van der Waals surface area (Å²) in [5, 5.41) is 7.28.